The van der Waals surface area contributed by atoms with Crippen LogP contribution in [0.25, 0.3) is 0 Å². The fourth-order valence-corrected chi connectivity index (χ4v) is 5.95. The molecule has 1 fully saturated rings. The van der Waals surface area contributed by atoms with Crippen LogP contribution in [0.15, 0.2) is 23.1 Å². The molecular formula is C25H39N3O5S. The maximum atomic E-state index is 13.4. The van der Waals surface area contributed by atoms with Crippen LogP contribution in [-0.2, 0) is 14.8 Å². The molecule has 190 valence electrons. The number of rotatable bonds is 4. The highest BCUT2D eigenvalue weighted by Crippen LogP contribution is 2.32. The van der Waals surface area contributed by atoms with Gasteiger partial charge in [0.1, 0.15) is 11.9 Å². The van der Waals surface area contributed by atoms with Crippen molar-refractivity contribution in [3.8, 4) is 5.75 Å². The number of benzene rings is 1. The summed E-state index contributed by atoms with van der Waals surface area (Å²) >= 11 is 0. The van der Waals surface area contributed by atoms with E-state index in [1.165, 1.54) is 12.1 Å². The van der Waals surface area contributed by atoms with Crippen molar-refractivity contribution in [2.45, 2.75) is 82.8 Å². The number of carbonyl (C=O) groups excluding carboxylic acids is 2. The van der Waals surface area contributed by atoms with Gasteiger partial charge in [0, 0.05) is 33.6 Å². The summed E-state index contributed by atoms with van der Waals surface area (Å²) in [7, 11) is -2.03. The maximum Gasteiger partial charge on any atom is 0.257 e. The molecule has 8 nitrogen and oxygen atoms in total. The van der Waals surface area contributed by atoms with E-state index in [9.17, 15) is 18.0 Å². The maximum absolute atomic E-state index is 13.4. The molecule has 1 aromatic carbocycles. The molecule has 1 heterocycles. The van der Waals surface area contributed by atoms with Gasteiger partial charge in [-0.25, -0.2) is 13.1 Å². The molecule has 0 saturated heterocycles. The first kappa shape index (κ1) is 26.5. The summed E-state index contributed by atoms with van der Waals surface area (Å²) in [4.78, 5) is 29.5. The molecular weight excluding hydrogens is 454 g/mol. The van der Waals surface area contributed by atoms with Crippen molar-refractivity contribution in [2.75, 3.05) is 26.7 Å². The quantitative estimate of drug-likeness (QED) is 0.693. The number of amides is 2. The van der Waals surface area contributed by atoms with E-state index in [0.29, 0.717) is 25.4 Å². The molecule has 0 bridgehead atoms. The minimum Gasteiger partial charge on any atom is -0.487 e. The Morgan fingerprint density at radius 2 is 1.82 bits per heavy atom. The van der Waals surface area contributed by atoms with E-state index >= 15 is 0 Å². The van der Waals surface area contributed by atoms with Crippen LogP contribution in [0.5, 0.6) is 5.75 Å². The van der Waals surface area contributed by atoms with Crippen LogP contribution in [0.2, 0.25) is 0 Å². The van der Waals surface area contributed by atoms with Crippen LogP contribution in [-0.4, -0.2) is 68.9 Å². The van der Waals surface area contributed by atoms with Crippen LogP contribution >= 0.6 is 0 Å². The fraction of sp³-hybridized carbons (Fsp3) is 0.680. The SMILES string of the molecule is CC(=O)N1CCCCCN(C)C(=O)c2cc(S(=O)(=O)NCC(C)C)ccc2O[C@H]2CCCC[C@H]21. The Balaban J connectivity index is 2.01. The second-order valence-electron chi connectivity index (χ2n) is 9.91. The van der Waals surface area contributed by atoms with E-state index in [1.54, 1.807) is 24.9 Å². The number of hydrogen-bond acceptors (Lipinski definition) is 5. The standard InChI is InChI=1S/C25H39N3O5S/c1-18(2)17-26-34(31,32)20-12-13-23-21(16-20)25(30)27(4)14-8-5-9-15-28(19(3)29)22-10-6-7-11-24(22)33-23/h12-13,16,18,22,24,26H,5-11,14-15,17H2,1-4H3/t22-,24+/m1/s1. The molecule has 34 heavy (non-hydrogen) atoms. The van der Waals surface area contributed by atoms with Gasteiger partial charge in [-0.15, -0.1) is 0 Å². The predicted octanol–water partition coefficient (Wildman–Crippen LogP) is 3.42. The van der Waals surface area contributed by atoms with Gasteiger partial charge in [-0.05, 0) is 62.6 Å². The lowest BCUT2D eigenvalue weighted by Crippen LogP contribution is -2.50. The molecule has 0 unspecified atom stereocenters. The Hall–Kier alpha value is -2.13. The number of nitrogens with zero attached hydrogens (tertiary/aromatic N) is 2. The van der Waals surface area contributed by atoms with E-state index in [-0.39, 0.29) is 40.3 Å². The topological polar surface area (TPSA) is 96.0 Å². The third-order valence-electron chi connectivity index (χ3n) is 6.66. The number of sulfonamides is 1. The first-order chi connectivity index (χ1) is 16.1. The summed E-state index contributed by atoms with van der Waals surface area (Å²) in [6, 6.07) is 4.46. The van der Waals surface area contributed by atoms with E-state index in [4.69, 9.17) is 4.74 Å². The predicted molar refractivity (Wildman–Crippen MR) is 131 cm³/mol. The van der Waals surface area contributed by atoms with E-state index < -0.39 is 10.0 Å². The van der Waals surface area contributed by atoms with Crippen molar-refractivity contribution in [3.05, 3.63) is 23.8 Å². The largest absolute Gasteiger partial charge is 0.487 e. The first-order valence-corrected chi connectivity index (χ1v) is 13.9. The van der Waals surface area contributed by atoms with Crippen LogP contribution in [0.4, 0.5) is 0 Å². The summed E-state index contributed by atoms with van der Waals surface area (Å²) in [6.45, 7) is 7.02. The molecule has 1 aromatic rings. The zero-order chi connectivity index (χ0) is 24.9. The molecule has 1 aliphatic carbocycles. The van der Waals surface area contributed by atoms with Crippen LogP contribution in [0, 0.1) is 5.92 Å². The molecule has 3 rings (SSSR count). The van der Waals surface area contributed by atoms with E-state index in [0.717, 1.165) is 44.9 Å². The van der Waals surface area contributed by atoms with Crippen molar-refractivity contribution in [3.63, 3.8) is 0 Å². The number of hydrogen-bond donors (Lipinski definition) is 1. The highest BCUT2D eigenvalue weighted by atomic mass is 32.2. The van der Waals surface area contributed by atoms with Gasteiger partial charge < -0.3 is 14.5 Å². The van der Waals surface area contributed by atoms with Gasteiger partial charge in [0.2, 0.25) is 15.9 Å². The molecule has 1 N–H and O–H groups in total. The highest BCUT2D eigenvalue weighted by molar-refractivity contribution is 7.89. The molecule has 0 aromatic heterocycles. The zero-order valence-corrected chi connectivity index (χ0v) is 21.7. The van der Waals surface area contributed by atoms with Crippen molar-refractivity contribution in [1.29, 1.82) is 0 Å². The molecule has 2 amide bonds. The average molecular weight is 494 g/mol. The molecule has 2 aliphatic rings. The van der Waals surface area contributed by atoms with E-state index in [1.807, 2.05) is 18.7 Å². The fourth-order valence-electron chi connectivity index (χ4n) is 4.71. The average Bonchev–Trinajstić information content (AvgIpc) is 2.80. The Morgan fingerprint density at radius 3 is 2.53 bits per heavy atom. The van der Waals surface area contributed by atoms with Crippen LogP contribution in [0.3, 0.4) is 0 Å². The molecule has 0 spiro atoms. The number of carbonyl (C=O) groups is 2. The molecule has 2 atom stereocenters. The monoisotopic (exact) mass is 493 g/mol. The van der Waals surface area contributed by atoms with Gasteiger partial charge in [-0.2, -0.15) is 0 Å². The smallest absolute Gasteiger partial charge is 0.257 e. The summed E-state index contributed by atoms with van der Waals surface area (Å²) in [5, 5.41) is 0. The molecule has 0 radical (unpaired) electrons. The minimum atomic E-state index is -3.76. The van der Waals surface area contributed by atoms with Crippen molar-refractivity contribution in [2.24, 2.45) is 5.92 Å². The van der Waals surface area contributed by atoms with Gasteiger partial charge >= 0.3 is 0 Å². The number of fused-ring (bicyclic) bond motifs is 2. The Bertz CT molecular complexity index is 979. The normalized spacial score (nSPS) is 22.7. The Morgan fingerprint density at radius 1 is 1.12 bits per heavy atom. The second kappa shape index (κ2) is 11.5. The second-order valence-corrected chi connectivity index (χ2v) is 11.7. The lowest BCUT2D eigenvalue weighted by Gasteiger charge is -2.39. The number of ether oxygens (including phenoxy) is 1. The summed E-state index contributed by atoms with van der Waals surface area (Å²) in [5.41, 5.74) is 0.243. The van der Waals surface area contributed by atoms with Gasteiger partial charge in [0.15, 0.2) is 0 Å². The first-order valence-electron chi connectivity index (χ1n) is 12.4. The van der Waals surface area contributed by atoms with Gasteiger partial charge in [-0.3, -0.25) is 9.59 Å². The third-order valence-corrected chi connectivity index (χ3v) is 8.08. The van der Waals surface area contributed by atoms with Crippen molar-refractivity contribution >= 4 is 21.8 Å². The van der Waals surface area contributed by atoms with Crippen molar-refractivity contribution < 1.29 is 22.7 Å². The third kappa shape index (κ3) is 6.50. The van der Waals surface area contributed by atoms with Gasteiger partial charge in [0.05, 0.1) is 16.5 Å². The molecule has 1 saturated carbocycles. The Labute approximate surface area is 204 Å². The zero-order valence-electron chi connectivity index (χ0n) is 20.9. The van der Waals surface area contributed by atoms with Crippen LogP contribution in [0.1, 0.15) is 76.1 Å². The van der Waals surface area contributed by atoms with Gasteiger partial charge in [-0.1, -0.05) is 20.3 Å². The highest BCUT2D eigenvalue weighted by Gasteiger charge is 2.34. The summed E-state index contributed by atoms with van der Waals surface area (Å²) in [5.74, 6) is 0.318. The number of nitrogens with one attached hydrogen (secondary N) is 1. The summed E-state index contributed by atoms with van der Waals surface area (Å²) < 4.78 is 34.7. The molecule has 1 aliphatic heterocycles. The van der Waals surface area contributed by atoms with Crippen LogP contribution < -0.4 is 9.46 Å². The lowest BCUT2D eigenvalue weighted by molar-refractivity contribution is -0.134. The lowest BCUT2D eigenvalue weighted by atomic mass is 9.90. The summed E-state index contributed by atoms with van der Waals surface area (Å²) in [6.07, 6.45) is 6.01. The Kier molecular flexibility index (Phi) is 8.98. The van der Waals surface area contributed by atoms with Gasteiger partial charge in [0.25, 0.3) is 5.91 Å². The van der Waals surface area contributed by atoms with E-state index in [2.05, 4.69) is 4.72 Å². The minimum absolute atomic E-state index is 0.0430. The van der Waals surface area contributed by atoms with Crippen molar-refractivity contribution in [1.82, 2.24) is 14.5 Å². The molecule has 9 heteroatoms.